The number of guanidine groups is 1. The van der Waals surface area contributed by atoms with Crippen LogP contribution in [0.25, 0.3) is 0 Å². The summed E-state index contributed by atoms with van der Waals surface area (Å²) >= 11 is 0. The van der Waals surface area contributed by atoms with Crippen LogP contribution in [0.2, 0.25) is 0 Å². The van der Waals surface area contributed by atoms with E-state index in [0.717, 1.165) is 77.0 Å². The van der Waals surface area contributed by atoms with E-state index in [0.29, 0.717) is 19.0 Å². The minimum atomic E-state index is 0. The van der Waals surface area contributed by atoms with Gasteiger partial charge in [-0.15, -0.1) is 24.0 Å². The molecule has 3 heterocycles. The fourth-order valence-corrected chi connectivity index (χ4v) is 4.00. The first-order valence-corrected chi connectivity index (χ1v) is 11.1. The van der Waals surface area contributed by atoms with E-state index in [4.69, 9.17) is 4.99 Å². The Morgan fingerprint density at radius 2 is 1.83 bits per heavy atom. The molecule has 0 spiro atoms. The highest BCUT2D eigenvalue weighted by atomic mass is 127. The molecule has 9 heteroatoms. The number of amides is 1. The zero-order chi connectivity index (χ0) is 20.6. The molecule has 3 rings (SSSR count). The topological polar surface area (TPSA) is 69.0 Å². The van der Waals surface area contributed by atoms with Crippen LogP contribution < -0.4 is 5.32 Å². The molecule has 1 N–H and O–H groups in total. The number of nitrogens with one attached hydrogen (secondary N) is 1. The highest BCUT2D eigenvalue weighted by molar-refractivity contribution is 14.0. The minimum Gasteiger partial charge on any atom is -0.357 e. The second-order valence-electron chi connectivity index (χ2n) is 8.41. The molecule has 170 valence electrons. The molecule has 1 aromatic heterocycles. The van der Waals surface area contributed by atoms with Gasteiger partial charge in [0.1, 0.15) is 12.4 Å². The largest absolute Gasteiger partial charge is 0.357 e. The second kappa shape index (κ2) is 12.5. The number of rotatable bonds is 7. The van der Waals surface area contributed by atoms with E-state index in [1.807, 2.05) is 17.3 Å². The molecular weight excluding hydrogens is 493 g/mol. The van der Waals surface area contributed by atoms with E-state index < -0.39 is 0 Å². The van der Waals surface area contributed by atoms with Gasteiger partial charge in [0.25, 0.3) is 0 Å². The van der Waals surface area contributed by atoms with E-state index in [1.165, 1.54) is 0 Å². The first-order chi connectivity index (χ1) is 14.1. The standard InChI is InChI=1S/C21H37N7O.HI/c1-4-22-21(24-15-19-23-7-10-28(19)16-18(2)3)27-13-11-25(12-14-27)17-20(29)26-8-5-6-9-26;/h7,10,18H,4-6,8-9,11-17H2,1-3H3,(H,22,24);1H. The maximum atomic E-state index is 12.4. The van der Waals surface area contributed by atoms with E-state index in [-0.39, 0.29) is 29.9 Å². The van der Waals surface area contributed by atoms with Gasteiger partial charge in [0.05, 0.1) is 6.54 Å². The van der Waals surface area contributed by atoms with E-state index in [1.54, 1.807) is 0 Å². The zero-order valence-electron chi connectivity index (χ0n) is 18.7. The Morgan fingerprint density at radius 1 is 1.13 bits per heavy atom. The normalized spacial score (nSPS) is 18.1. The van der Waals surface area contributed by atoms with Gasteiger partial charge in [-0.3, -0.25) is 9.69 Å². The number of hydrogen-bond acceptors (Lipinski definition) is 4. The Kier molecular flexibility index (Phi) is 10.4. The van der Waals surface area contributed by atoms with Crippen LogP contribution in [0, 0.1) is 5.92 Å². The fourth-order valence-electron chi connectivity index (χ4n) is 4.00. The number of carbonyl (C=O) groups excluding carboxylic acids is 1. The lowest BCUT2D eigenvalue weighted by molar-refractivity contribution is -0.131. The van der Waals surface area contributed by atoms with Gasteiger partial charge in [-0.05, 0) is 25.7 Å². The van der Waals surface area contributed by atoms with Crippen LogP contribution in [-0.4, -0.2) is 88.5 Å². The minimum absolute atomic E-state index is 0. The maximum Gasteiger partial charge on any atom is 0.236 e. The predicted octanol–water partition coefficient (Wildman–Crippen LogP) is 1.86. The molecule has 0 saturated carbocycles. The SMILES string of the molecule is CCNC(=NCc1nccn1CC(C)C)N1CCN(CC(=O)N2CCCC2)CC1.I. The number of nitrogens with zero attached hydrogens (tertiary/aromatic N) is 6. The van der Waals surface area contributed by atoms with E-state index >= 15 is 0 Å². The number of aliphatic imine (C=N–C) groups is 1. The summed E-state index contributed by atoms with van der Waals surface area (Å²) < 4.78 is 2.19. The lowest BCUT2D eigenvalue weighted by Crippen LogP contribution is -2.54. The Morgan fingerprint density at radius 3 is 2.47 bits per heavy atom. The van der Waals surface area contributed by atoms with E-state index in [9.17, 15) is 4.79 Å². The molecule has 1 aromatic rings. The van der Waals surface area contributed by atoms with Gasteiger partial charge in [0.15, 0.2) is 5.96 Å². The average molecular weight is 531 g/mol. The van der Waals surface area contributed by atoms with Crippen LogP contribution in [0.15, 0.2) is 17.4 Å². The van der Waals surface area contributed by atoms with Gasteiger partial charge in [0, 0.05) is 64.8 Å². The van der Waals surface area contributed by atoms with Crippen molar-refractivity contribution in [3.63, 3.8) is 0 Å². The fraction of sp³-hybridized carbons (Fsp3) is 0.762. The maximum absolute atomic E-state index is 12.4. The number of piperazine rings is 1. The third kappa shape index (κ3) is 7.11. The number of hydrogen-bond donors (Lipinski definition) is 1. The molecule has 8 nitrogen and oxygen atoms in total. The summed E-state index contributed by atoms with van der Waals surface area (Å²) in [5.41, 5.74) is 0. The Hall–Kier alpha value is -1.36. The van der Waals surface area contributed by atoms with Gasteiger partial charge < -0.3 is 19.7 Å². The molecule has 0 unspecified atom stereocenters. The molecule has 0 aliphatic carbocycles. The Balaban J connectivity index is 0.00000320. The van der Waals surface area contributed by atoms with Crippen molar-refractivity contribution in [2.75, 3.05) is 52.4 Å². The van der Waals surface area contributed by atoms with Gasteiger partial charge in [-0.1, -0.05) is 13.8 Å². The molecule has 0 bridgehead atoms. The quantitative estimate of drug-likeness (QED) is 0.331. The molecule has 30 heavy (non-hydrogen) atoms. The van der Waals surface area contributed by atoms with Gasteiger partial charge in [-0.2, -0.15) is 0 Å². The van der Waals surface area contributed by atoms with Gasteiger partial charge >= 0.3 is 0 Å². The van der Waals surface area contributed by atoms with E-state index in [2.05, 4.69) is 45.4 Å². The third-order valence-corrected chi connectivity index (χ3v) is 5.56. The van der Waals surface area contributed by atoms with Gasteiger partial charge in [0.2, 0.25) is 5.91 Å². The first kappa shape index (κ1) is 24.9. The van der Waals surface area contributed by atoms with Crippen LogP contribution in [0.3, 0.4) is 0 Å². The molecule has 2 saturated heterocycles. The number of aromatic nitrogens is 2. The summed E-state index contributed by atoms with van der Waals surface area (Å²) in [6, 6.07) is 0. The Bertz CT molecular complexity index is 677. The van der Waals surface area contributed by atoms with Crippen molar-refractivity contribution < 1.29 is 4.79 Å². The predicted molar refractivity (Wildman–Crippen MR) is 131 cm³/mol. The summed E-state index contributed by atoms with van der Waals surface area (Å²) in [5, 5.41) is 3.42. The van der Waals surface area contributed by atoms with Crippen LogP contribution in [0.1, 0.15) is 39.4 Å². The van der Waals surface area contributed by atoms with Crippen molar-refractivity contribution in [3.05, 3.63) is 18.2 Å². The molecule has 0 atom stereocenters. The summed E-state index contributed by atoms with van der Waals surface area (Å²) in [6.45, 7) is 14.9. The summed E-state index contributed by atoms with van der Waals surface area (Å²) in [7, 11) is 0. The molecule has 2 fully saturated rings. The molecule has 1 amide bonds. The number of halogens is 1. The van der Waals surface area contributed by atoms with Crippen LogP contribution >= 0.6 is 24.0 Å². The van der Waals surface area contributed by atoms with Crippen molar-refractivity contribution in [3.8, 4) is 0 Å². The van der Waals surface area contributed by atoms with Crippen molar-refractivity contribution in [1.29, 1.82) is 0 Å². The molecular formula is C21H38IN7O. The number of imidazole rings is 1. The lowest BCUT2D eigenvalue weighted by Gasteiger charge is -2.36. The molecule has 0 aromatic carbocycles. The van der Waals surface area contributed by atoms with Crippen molar-refractivity contribution in [2.45, 2.75) is 46.7 Å². The number of carbonyl (C=O) groups is 1. The summed E-state index contributed by atoms with van der Waals surface area (Å²) in [6.07, 6.45) is 6.19. The highest BCUT2D eigenvalue weighted by Crippen LogP contribution is 2.10. The van der Waals surface area contributed by atoms with Crippen molar-refractivity contribution in [2.24, 2.45) is 10.9 Å². The van der Waals surface area contributed by atoms with Crippen LogP contribution in [0.4, 0.5) is 0 Å². The van der Waals surface area contributed by atoms with Crippen molar-refractivity contribution >= 4 is 35.8 Å². The third-order valence-electron chi connectivity index (χ3n) is 5.56. The Labute approximate surface area is 198 Å². The van der Waals surface area contributed by atoms with Crippen molar-refractivity contribution in [1.82, 2.24) is 29.6 Å². The molecule has 2 aliphatic heterocycles. The molecule has 2 aliphatic rings. The summed E-state index contributed by atoms with van der Waals surface area (Å²) in [4.78, 5) is 28.3. The smallest absolute Gasteiger partial charge is 0.236 e. The lowest BCUT2D eigenvalue weighted by atomic mass is 10.2. The monoisotopic (exact) mass is 531 g/mol. The van der Waals surface area contributed by atoms with Crippen LogP contribution in [0.5, 0.6) is 0 Å². The van der Waals surface area contributed by atoms with Gasteiger partial charge in [-0.25, -0.2) is 9.98 Å². The highest BCUT2D eigenvalue weighted by Gasteiger charge is 2.24. The number of likely N-dealkylation sites (tertiary alicyclic amines) is 1. The second-order valence-corrected chi connectivity index (χ2v) is 8.41. The zero-order valence-corrected chi connectivity index (χ0v) is 21.0. The van der Waals surface area contributed by atoms with Crippen LogP contribution in [-0.2, 0) is 17.9 Å². The first-order valence-electron chi connectivity index (χ1n) is 11.1. The summed E-state index contributed by atoms with van der Waals surface area (Å²) in [5.74, 6) is 2.81. The molecule has 0 radical (unpaired) electrons. The average Bonchev–Trinajstić information content (AvgIpc) is 3.38.